The third kappa shape index (κ3) is 4.00. The van der Waals surface area contributed by atoms with Crippen LogP contribution in [0.25, 0.3) is 11.0 Å². The Morgan fingerprint density at radius 3 is 2.76 bits per heavy atom. The average Bonchev–Trinajstić information content (AvgIpc) is 3.05. The predicted octanol–water partition coefficient (Wildman–Crippen LogP) is 4.07. The number of fused-ring (bicyclic) bond motifs is 1. The van der Waals surface area contributed by atoms with Crippen LogP contribution in [0.3, 0.4) is 0 Å². The fourth-order valence-corrected chi connectivity index (χ4v) is 2.69. The number of benzene rings is 2. The van der Waals surface area contributed by atoms with Crippen LogP contribution in [0.15, 0.2) is 59.0 Å². The first-order chi connectivity index (χ1) is 12.1. The van der Waals surface area contributed by atoms with E-state index in [-0.39, 0.29) is 18.5 Å². The number of hydrogen-bond donors (Lipinski definition) is 1. The van der Waals surface area contributed by atoms with E-state index in [4.69, 9.17) is 9.15 Å². The van der Waals surface area contributed by atoms with Gasteiger partial charge >= 0.3 is 0 Å². The lowest BCUT2D eigenvalue weighted by atomic mass is 10.2. The number of furan rings is 1. The minimum absolute atomic E-state index is 0.0107. The second-order valence-corrected chi connectivity index (χ2v) is 6.06. The molecule has 1 N–H and O–H groups in total. The van der Waals surface area contributed by atoms with Crippen molar-refractivity contribution in [1.82, 2.24) is 4.90 Å². The lowest BCUT2D eigenvalue weighted by Crippen LogP contribution is -2.32. The molecule has 5 heteroatoms. The Kier molecular flexibility index (Phi) is 5.05. The molecule has 0 spiro atoms. The number of likely N-dealkylation sites (N-methyl/N-ethyl adjacent to an activating group) is 1. The van der Waals surface area contributed by atoms with Crippen LogP contribution in [0.2, 0.25) is 0 Å². The van der Waals surface area contributed by atoms with E-state index in [1.807, 2.05) is 67.4 Å². The number of carbonyl (C=O) groups excluding carboxylic acids is 1. The second kappa shape index (κ2) is 7.40. The standard InChI is InChI=1S/C20H22N2O3/c1-14(19-11-15-7-4-5-10-18(15)25-19)22(2)13-20(23)21-16-8-6-9-17(12-16)24-3/h4-12,14H,13H2,1-3H3,(H,21,23). The van der Waals surface area contributed by atoms with Crippen LogP contribution >= 0.6 is 0 Å². The molecule has 0 aliphatic heterocycles. The van der Waals surface area contributed by atoms with E-state index in [1.54, 1.807) is 13.2 Å². The summed E-state index contributed by atoms with van der Waals surface area (Å²) in [5.41, 5.74) is 1.58. The normalized spacial score (nSPS) is 12.3. The van der Waals surface area contributed by atoms with Crippen molar-refractivity contribution in [1.29, 1.82) is 0 Å². The van der Waals surface area contributed by atoms with E-state index >= 15 is 0 Å². The van der Waals surface area contributed by atoms with Gasteiger partial charge in [-0.15, -0.1) is 0 Å². The molecule has 0 saturated carbocycles. The van der Waals surface area contributed by atoms with E-state index in [9.17, 15) is 4.79 Å². The second-order valence-electron chi connectivity index (χ2n) is 6.06. The lowest BCUT2D eigenvalue weighted by molar-refractivity contribution is -0.117. The van der Waals surface area contributed by atoms with Crippen molar-refractivity contribution in [3.05, 3.63) is 60.4 Å². The van der Waals surface area contributed by atoms with E-state index < -0.39 is 0 Å². The first-order valence-corrected chi connectivity index (χ1v) is 8.19. The Morgan fingerprint density at radius 1 is 1.20 bits per heavy atom. The molecule has 1 unspecified atom stereocenters. The molecule has 2 aromatic carbocycles. The molecule has 1 heterocycles. The Bertz CT molecular complexity index is 839. The third-order valence-corrected chi connectivity index (χ3v) is 4.26. The first-order valence-electron chi connectivity index (χ1n) is 8.19. The summed E-state index contributed by atoms with van der Waals surface area (Å²) in [6, 6.07) is 17.2. The van der Waals surface area contributed by atoms with E-state index in [0.717, 1.165) is 16.7 Å². The van der Waals surface area contributed by atoms with Crippen molar-refractivity contribution < 1.29 is 13.9 Å². The van der Waals surface area contributed by atoms with Gasteiger partial charge in [0.1, 0.15) is 17.1 Å². The summed E-state index contributed by atoms with van der Waals surface area (Å²) in [5.74, 6) is 1.47. The molecule has 1 atom stereocenters. The van der Waals surface area contributed by atoms with Gasteiger partial charge in [0.05, 0.1) is 19.7 Å². The van der Waals surface area contributed by atoms with Crippen LogP contribution in [0.5, 0.6) is 5.75 Å². The molecule has 1 aromatic heterocycles. The van der Waals surface area contributed by atoms with Gasteiger partial charge in [0.25, 0.3) is 0 Å². The van der Waals surface area contributed by atoms with E-state index in [1.165, 1.54) is 0 Å². The number of carbonyl (C=O) groups is 1. The Balaban J connectivity index is 1.63. The fraction of sp³-hybridized carbons (Fsp3) is 0.250. The average molecular weight is 338 g/mol. The number of nitrogens with one attached hydrogen (secondary N) is 1. The van der Waals surface area contributed by atoms with Crippen LogP contribution in [0, 0.1) is 0 Å². The SMILES string of the molecule is COc1cccc(NC(=O)CN(C)C(C)c2cc3ccccc3o2)c1. The maximum Gasteiger partial charge on any atom is 0.238 e. The van der Waals surface area contributed by atoms with Crippen LogP contribution in [-0.2, 0) is 4.79 Å². The van der Waals surface area contributed by atoms with Crippen molar-refractivity contribution in [2.75, 3.05) is 26.0 Å². The molecule has 1 amide bonds. The minimum Gasteiger partial charge on any atom is -0.497 e. The van der Waals surface area contributed by atoms with Crippen molar-refractivity contribution in [2.45, 2.75) is 13.0 Å². The van der Waals surface area contributed by atoms with Crippen LogP contribution < -0.4 is 10.1 Å². The molecule has 0 aliphatic rings. The summed E-state index contributed by atoms with van der Waals surface area (Å²) in [4.78, 5) is 14.3. The predicted molar refractivity (Wildman–Crippen MR) is 98.9 cm³/mol. The topological polar surface area (TPSA) is 54.7 Å². The maximum atomic E-state index is 12.3. The Hall–Kier alpha value is -2.79. The largest absolute Gasteiger partial charge is 0.497 e. The molecule has 0 bridgehead atoms. The van der Waals surface area contributed by atoms with Gasteiger partial charge < -0.3 is 14.5 Å². The number of anilines is 1. The van der Waals surface area contributed by atoms with Crippen LogP contribution in [-0.4, -0.2) is 31.5 Å². The zero-order valence-corrected chi connectivity index (χ0v) is 14.7. The van der Waals surface area contributed by atoms with Gasteiger partial charge in [-0.1, -0.05) is 24.3 Å². The molecule has 3 aromatic rings. The molecule has 0 aliphatic carbocycles. The summed E-state index contributed by atoms with van der Waals surface area (Å²) >= 11 is 0. The number of ether oxygens (including phenoxy) is 1. The molecule has 25 heavy (non-hydrogen) atoms. The highest BCUT2D eigenvalue weighted by atomic mass is 16.5. The van der Waals surface area contributed by atoms with Crippen molar-refractivity contribution in [2.24, 2.45) is 0 Å². The summed E-state index contributed by atoms with van der Waals surface area (Å²) in [5, 5.41) is 3.96. The van der Waals surface area contributed by atoms with Crippen molar-refractivity contribution in [3.8, 4) is 5.75 Å². The highest BCUT2D eigenvalue weighted by Crippen LogP contribution is 2.26. The van der Waals surface area contributed by atoms with Gasteiger partial charge in [-0.3, -0.25) is 9.69 Å². The number of amides is 1. The van der Waals surface area contributed by atoms with Crippen LogP contribution in [0.4, 0.5) is 5.69 Å². The highest BCUT2D eigenvalue weighted by Gasteiger charge is 2.18. The van der Waals surface area contributed by atoms with Crippen LogP contribution in [0.1, 0.15) is 18.7 Å². The number of rotatable bonds is 6. The molecule has 0 saturated heterocycles. The van der Waals surface area contributed by atoms with Gasteiger partial charge in [-0.05, 0) is 38.2 Å². The Morgan fingerprint density at radius 2 is 2.00 bits per heavy atom. The molecular formula is C20H22N2O3. The van der Waals surface area contributed by atoms with Gasteiger partial charge in [-0.25, -0.2) is 0 Å². The molecule has 3 rings (SSSR count). The quantitative estimate of drug-likeness (QED) is 0.736. The van der Waals surface area contributed by atoms with Gasteiger partial charge in [0.15, 0.2) is 0 Å². The monoisotopic (exact) mass is 338 g/mol. The molecular weight excluding hydrogens is 316 g/mol. The first kappa shape index (κ1) is 17.0. The van der Waals surface area contributed by atoms with E-state index in [0.29, 0.717) is 11.4 Å². The molecule has 5 nitrogen and oxygen atoms in total. The highest BCUT2D eigenvalue weighted by molar-refractivity contribution is 5.92. The summed E-state index contributed by atoms with van der Waals surface area (Å²) in [6.07, 6.45) is 0. The number of nitrogens with zero attached hydrogens (tertiary/aromatic N) is 1. The summed E-state index contributed by atoms with van der Waals surface area (Å²) in [7, 11) is 3.51. The van der Waals surface area contributed by atoms with Gasteiger partial charge in [0, 0.05) is 17.1 Å². The molecule has 130 valence electrons. The van der Waals surface area contributed by atoms with E-state index in [2.05, 4.69) is 5.32 Å². The zero-order valence-electron chi connectivity index (χ0n) is 14.7. The van der Waals surface area contributed by atoms with Gasteiger partial charge in [-0.2, -0.15) is 0 Å². The van der Waals surface area contributed by atoms with Crippen molar-refractivity contribution >= 4 is 22.6 Å². The number of methoxy groups -OCH3 is 1. The smallest absolute Gasteiger partial charge is 0.238 e. The lowest BCUT2D eigenvalue weighted by Gasteiger charge is -2.22. The molecule has 0 fully saturated rings. The third-order valence-electron chi connectivity index (χ3n) is 4.26. The van der Waals surface area contributed by atoms with Gasteiger partial charge in [0.2, 0.25) is 5.91 Å². The summed E-state index contributed by atoms with van der Waals surface area (Å²) < 4.78 is 11.1. The summed E-state index contributed by atoms with van der Waals surface area (Å²) in [6.45, 7) is 2.28. The Labute approximate surface area is 147 Å². The fourth-order valence-electron chi connectivity index (χ4n) is 2.69. The number of para-hydroxylation sites is 1. The zero-order chi connectivity index (χ0) is 17.8. The van der Waals surface area contributed by atoms with Crippen molar-refractivity contribution in [3.63, 3.8) is 0 Å². The number of hydrogen-bond acceptors (Lipinski definition) is 4. The molecule has 0 radical (unpaired) electrons. The maximum absolute atomic E-state index is 12.3. The minimum atomic E-state index is -0.0845.